The van der Waals surface area contributed by atoms with Crippen molar-refractivity contribution in [2.24, 2.45) is 5.92 Å². The van der Waals surface area contributed by atoms with Crippen LogP contribution in [-0.4, -0.2) is 41.9 Å². The topological polar surface area (TPSA) is 23.6 Å². The van der Waals surface area contributed by atoms with Gasteiger partial charge in [0.2, 0.25) is 5.91 Å². The van der Waals surface area contributed by atoms with Crippen molar-refractivity contribution in [2.45, 2.75) is 25.8 Å². The molecule has 0 unspecified atom stereocenters. The van der Waals surface area contributed by atoms with E-state index in [9.17, 15) is 4.79 Å². The molecule has 1 saturated heterocycles. The molecule has 2 aliphatic rings. The summed E-state index contributed by atoms with van der Waals surface area (Å²) >= 11 is 8.33. The Kier molecular flexibility index (Phi) is 4.31. The number of hydrogen-bond donors (Lipinski definition) is 0. The van der Waals surface area contributed by atoms with E-state index in [-0.39, 0.29) is 0 Å². The quantitative estimate of drug-likeness (QED) is 0.837. The lowest BCUT2D eigenvalue weighted by Gasteiger charge is -2.38. The summed E-state index contributed by atoms with van der Waals surface area (Å²) < 4.78 is 1.26. The van der Waals surface area contributed by atoms with Gasteiger partial charge in [-0.15, -0.1) is 11.3 Å². The zero-order valence-corrected chi connectivity index (χ0v) is 14.7. The highest BCUT2D eigenvalue weighted by atomic mass is 35.5. The molecular formula is C18H21ClN2OS. The third-order valence-electron chi connectivity index (χ3n) is 5.11. The summed E-state index contributed by atoms with van der Waals surface area (Å²) in [7, 11) is 0. The molecule has 122 valence electrons. The molecule has 0 bridgehead atoms. The Morgan fingerprint density at radius 1 is 1.17 bits per heavy atom. The first kappa shape index (κ1) is 15.4. The van der Waals surface area contributed by atoms with Gasteiger partial charge in [-0.3, -0.25) is 9.69 Å². The molecule has 1 saturated carbocycles. The Morgan fingerprint density at radius 2 is 1.91 bits per heavy atom. The molecule has 0 atom stereocenters. The van der Waals surface area contributed by atoms with Crippen LogP contribution >= 0.6 is 22.9 Å². The third kappa shape index (κ3) is 3.00. The van der Waals surface area contributed by atoms with E-state index in [4.69, 9.17) is 11.6 Å². The van der Waals surface area contributed by atoms with E-state index in [1.54, 1.807) is 11.3 Å². The standard InChI is InChI=1S/C18H21ClN2OS/c19-17-14-6-1-2-7-15(14)23-16(17)12-20-8-10-21(11-9-20)18(22)13-4-3-5-13/h1-2,6-7,13H,3-5,8-12H2. The molecule has 0 N–H and O–H groups in total. The summed E-state index contributed by atoms with van der Waals surface area (Å²) in [6, 6.07) is 8.32. The van der Waals surface area contributed by atoms with Gasteiger partial charge in [0.1, 0.15) is 0 Å². The van der Waals surface area contributed by atoms with Gasteiger partial charge in [0.15, 0.2) is 0 Å². The Hall–Kier alpha value is -1.10. The highest BCUT2D eigenvalue weighted by Gasteiger charge is 2.31. The molecule has 5 heteroatoms. The number of fused-ring (bicyclic) bond motifs is 1. The number of carbonyl (C=O) groups excluding carboxylic acids is 1. The van der Waals surface area contributed by atoms with E-state index in [2.05, 4.69) is 28.0 Å². The van der Waals surface area contributed by atoms with Crippen LogP contribution in [0.25, 0.3) is 10.1 Å². The molecule has 3 nitrogen and oxygen atoms in total. The summed E-state index contributed by atoms with van der Waals surface area (Å²) in [4.78, 5) is 18.0. The van der Waals surface area contributed by atoms with E-state index >= 15 is 0 Å². The molecule has 1 aromatic carbocycles. The van der Waals surface area contributed by atoms with Crippen LogP contribution in [-0.2, 0) is 11.3 Å². The van der Waals surface area contributed by atoms with E-state index in [0.29, 0.717) is 11.8 Å². The van der Waals surface area contributed by atoms with Gasteiger partial charge in [0, 0.05) is 53.6 Å². The maximum absolute atomic E-state index is 12.3. The minimum atomic E-state index is 0.318. The predicted octanol–water partition coefficient (Wildman–Crippen LogP) is 4.00. The van der Waals surface area contributed by atoms with Gasteiger partial charge in [0.25, 0.3) is 0 Å². The molecule has 1 aliphatic carbocycles. The average Bonchev–Trinajstić information content (AvgIpc) is 2.83. The fourth-order valence-electron chi connectivity index (χ4n) is 3.41. The van der Waals surface area contributed by atoms with Crippen molar-refractivity contribution in [3.63, 3.8) is 0 Å². The molecule has 1 aromatic heterocycles. The van der Waals surface area contributed by atoms with Crippen molar-refractivity contribution in [1.82, 2.24) is 9.80 Å². The van der Waals surface area contributed by atoms with E-state index in [0.717, 1.165) is 56.0 Å². The smallest absolute Gasteiger partial charge is 0.225 e. The Bertz CT molecular complexity index is 717. The number of amides is 1. The molecule has 4 rings (SSSR count). The zero-order chi connectivity index (χ0) is 15.8. The lowest BCUT2D eigenvalue weighted by molar-refractivity contribution is -0.140. The van der Waals surface area contributed by atoms with Gasteiger partial charge in [-0.1, -0.05) is 36.2 Å². The molecule has 2 heterocycles. The summed E-state index contributed by atoms with van der Waals surface area (Å²) in [5.41, 5.74) is 0. The molecule has 1 amide bonds. The second kappa shape index (κ2) is 6.42. The van der Waals surface area contributed by atoms with Crippen LogP contribution in [0.2, 0.25) is 5.02 Å². The van der Waals surface area contributed by atoms with Gasteiger partial charge in [-0.25, -0.2) is 0 Å². The number of carbonyl (C=O) groups is 1. The number of benzene rings is 1. The SMILES string of the molecule is O=C(C1CCC1)N1CCN(Cc2sc3ccccc3c2Cl)CC1. The first-order chi connectivity index (χ1) is 11.2. The van der Waals surface area contributed by atoms with Crippen molar-refractivity contribution in [1.29, 1.82) is 0 Å². The zero-order valence-electron chi connectivity index (χ0n) is 13.1. The highest BCUT2D eigenvalue weighted by molar-refractivity contribution is 7.19. The fourth-order valence-corrected chi connectivity index (χ4v) is 4.94. The molecule has 1 aliphatic heterocycles. The number of hydrogen-bond acceptors (Lipinski definition) is 3. The molecule has 2 aromatic rings. The summed E-state index contributed by atoms with van der Waals surface area (Å²) in [6.45, 7) is 4.51. The van der Waals surface area contributed by atoms with Crippen molar-refractivity contribution in [3.05, 3.63) is 34.2 Å². The second-order valence-corrected chi connectivity index (χ2v) is 8.08. The fraction of sp³-hybridized carbons (Fsp3) is 0.500. The van der Waals surface area contributed by atoms with Gasteiger partial charge in [-0.2, -0.15) is 0 Å². The van der Waals surface area contributed by atoms with Crippen LogP contribution < -0.4 is 0 Å². The molecular weight excluding hydrogens is 328 g/mol. The number of nitrogens with zero attached hydrogens (tertiary/aromatic N) is 2. The van der Waals surface area contributed by atoms with Crippen LogP contribution in [0.1, 0.15) is 24.1 Å². The van der Waals surface area contributed by atoms with Crippen molar-refractivity contribution < 1.29 is 4.79 Å². The van der Waals surface area contributed by atoms with E-state index in [1.165, 1.54) is 16.0 Å². The average molecular weight is 349 g/mol. The van der Waals surface area contributed by atoms with E-state index in [1.807, 2.05) is 6.07 Å². The molecule has 23 heavy (non-hydrogen) atoms. The summed E-state index contributed by atoms with van der Waals surface area (Å²) in [5, 5.41) is 2.06. The third-order valence-corrected chi connectivity index (χ3v) is 6.81. The van der Waals surface area contributed by atoms with Gasteiger partial charge >= 0.3 is 0 Å². The predicted molar refractivity (Wildman–Crippen MR) is 96.0 cm³/mol. The van der Waals surface area contributed by atoms with Crippen molar-refractivity contribution in [2.75, 3.05) is 26.2 Å². The van der Waals surface area contributed by atoms with Gasteiger partial charge in [-0.05, 0) is 18.9 Å². The Morgan fingerprint density at radius 3 is 2.57 bits per heavy atom. The summed E-state index contributed by atoms with van der Waals surface area (Å²) in [5.74, 6) is 0.703. The number of piperazine rings is 1. The first-order valence-electron chi connectivity index (χ1n) is 8.39. The normalized spacial score (nSPS) is 20.0. The Balaban J connectivity index is 1.38. The van der Waals surface area contributed by atoms with E-state index < -0.39 is 0 Å². The number of thiophene rings is 1. The van der Waals surface area contributed by atoms with Crippen LogP contribution in [0.4, 0.5) is 0 Å². The van der Waals surface area contributed by atoms with Crippen LogP contribution in [0.15, 0.2) is 24.3 Å². The summed E-state index contributed by atoms with van der Waals surface area (Å²) in [6.07, 6.45) is 3.41. The largest absolute Gasteiger partial charge is 0.340 e. The first-order valence-corrected chi connectivity index (χ1v) is 9.59. The monoisotopic (exact) mass is 348 g/mol. The minimum absolute atomic E-state index is 0.318. The minimum Gasteiger partial charge on any atom is -0.340 e. The lowest BCUT2D eigenvalue weighted by Crippen LogP contribution is -2.50. The number of rotatable bonds is 3. The van der Waals surface area contributed by atoms with Gasteiger partial charge < -0.3 is 4.90 Å². The van der Waals surface area contributed by atoms with Crippen LogP contribution in [0.3, 0.4) is 0 Å². The lowest BCUT2D eigenvalue weighted by atomic mass is 9.84. The Labute approximate surface area is 145 Å². The van der Waals surface area contributed by atoms with Crippen LogP contribution in [0, 0.1) is 5.92 Å². The highest BCUT2D eigenvalue weighted by Crippen LogP contribution is 2.36. The van der Waals surface area contributed by atoms with Crippen molar-refractivity contribution in [3.8, 4) is 0 Å². The van der Waals surface area contributed by atoms with Crippen molar-refractivity contribution >= 4 is 38.9 Å². The maximum Gasteiger partial charge on any atom is 0.225 e. The van der Waals surface area contributed by atoms with Crippen LogP contribution in [0.5, 0.6) is 0 Å². The maximum atomic E-state index is 12.3. The second-order valence-electron chi connectivity index (χ2n) is 6.56. The molecule has 0 spiro atoms. The number of halogens is 1. The molecule has 0 radical (unpaired) electrons. The molecule has 2 fully saturated rings. The van der Waals surface area contributed by atoms with Gasteiger partial charge in [0.05, 0.1) is 5.02 Å².